The van der Waals surface area contributed by atoms with Crippen LogP contribution < -0.4 is 34.9 Å². The molecule has 0 heterocycles. The van der Waals surface area contributed by atoms with Gasteiger partial charge >= 0.3 is 29.6 Å². The monoisotopic (exact) mass is 241 g/mol. The Labute approximate surface area is 98.7 Å². The van der Waals surface area contributed by atoms with Gasteiger partial charge in [0.25, 0.3) is 10.1 Å². The normalized spacial score (nSPS) is 14.7. The fourth-order valence-electron chi connectivity index (χ4n) is 0.523. The van der Waals surface area contributed by atoms with Crippen molar-refractivity contribution in [1.82, 2.24) is 5.32 Å². The van der Waals surface area contributed by atoms with Crippen LogP contribution in [0.2, 0.25) is 0 Å². The molecule has 0 rings (SSSR count). The van der Waals surface area contributed by atoms with E-state index in [9.17, 15) is 21.4 Å². The molecule has 0 spiro atoms. The van der Waals surface area contributed by atoms with Gasteiger partial charge in [-0.15, -0.1) is 0 Å². The van der Waals surface area contributed by atoms with Gasteiger partial charge in [0, 0.05) is 6.54 Å². The molecule has 0 aliphatic rings. The third-order valence-electron chi connectivity index (χ3n) is 1.02. The van der Waals surface area contributed by atoms with E-state index in [1.54, 1.807) is 0 Å². The maximum absolute atomic E-state index is 10.3. The molecule has 0 radical (unpaired) electrons. The Hall–Kier alpha value is 0.780. The van der Waals surface area contributed by atoms with E-state index in [0.717, 1.165) is 0 Å². The number of rotatable bonds is 4. The van der Waals surface area contributed by atoms with Crippen LogP contribution in [0, 0.1) is 0 Å². The first-order chi connectivity index (χ1) is 5.19. The molecule has 1 unspecified atom stereocenters. The average molecular weight is 241 g/mol. The van der Waals surface area contributed by atoms with Gasteiger partial charge in [-0.3, -0.25) is 4.55 Å². The molecule has 0 fully saturated rings. The minimum Gasteiger partial charge on any atom is -0.747 e. The summed E-state index contributed by atoms with van der Waals surface area (Å²) in [6.45, 7) is -0.634. The largest absolute Gasteiger partial charge is 1.00 e. The molecule has 1 atom stereocenters. The third-order valence-corrected chi connectivity index (χ3v) is 4.10. The fraction of sp³-hybridized carbons (Fsp3) is 1.00. The van der Waals surface area contributed by atoms with Crippen molar-refractivity contribution in [2.75, 3.05) is 13.6 Å². The topological polar surface area (TPSA) is 124 Å². The van der Waals surface area contributed by atoms with Crippen molar-refractivity contribution in [2.24, 2.45) is 0 Å². The predicted molar refractivity (Wildman–Crippen MR) is 39.0 cm³/mol. The molecule has 7 nitrogen and oxygen atoms in total. The molecule has 0 aromatic carbocycles. The van der Waals surface area contributed by atoms with Gasteiger partial charge in [0.05, 0.1) is 0 Å². The van der Waals surface area contributed by atoms with Crippen molar-refractivity contribution in [1.29, 1.82) is 0 Å². The zero-order valence-corrected chi connectivity index (χ0v) is 10.7. The minimum atomic E-state index is -5.04. The molecule has 0 aliphatic heterocycles. The first kappa shape index (κ1) is 16.2. The van der Waals surface area contributed by atoms with Crippen LogP contribution in [0.15, 0.2) is 0 Å². The Morgan fingerprint density at radius 1 is 1.38 bits per heavy atom. The van der Waals surface area contributed by atoms with Crippen LogP contribution in [0.5, 0.6) is 0 Å². The summed E-state index contributed by atoms with van der Waals surface area (Å²) in [5, 5.41) is 2.16. The summed E-state index contributed by atoms with van der Waals surface area (Å²) < 4.78 is 57.3. The Morgan fingerprint density at radius 2 is 1.77 bits per heavy atom. The van der Waals surface area contributed by atoms with Crippen LogP contribution in [0.25, 0.3) is 0 Å². The first-order valence-electron chi connectivity index (χ1n) is 2.75. The fourth-order valence-corrected chi connectivity index (χ4v) is 2.46. The molecular weight excluding hydrogens is 233 g/mol. The Bertz CT molecular complexity index is 301. The van der Waals surface area contributed by atoms with Crippen LogP contribution in [0.3, 0.4) is 0 Å². The summed E-state index contributed by atoms with van der Waals surface area (Å²) >= 11 is 0. The molecule has 0 saturated heterocycles. The van der Waals surface area contributed by atoms with Gasteiger partial charge in [0.15, 0.2) is 4.58 Å². The van der Waals surface area contributed by atoms with Crippen LogP contribution in [-0.4, -0.2) is 44.1 Å². The average Bonchev–Trinajstić information content (AvgIpc) is 1.77. The zero-order chi connectivity index (χ0) is 9.99. The third kappa shape index (κ3) is 5.96. The summed E-state index contributed by atoms with van der Waals surface area (Å²) in [4.78, 5) is 0. The predicted octanol–water partition coefficient (Wildman–Crippen LogP) is -5.03. The van der Waals surface area contributed by atoms with Crippen LogP contribution in [0.1, 0.15) is 0 Å². The van der Waals surface area contributed by atoms with Crippen molar-refractivity contribution in [3.63, 3.8) is 0 Å². The SMILES string of the molecule is CNCC(S(=O)(=O)[O-])S(=O)(=O)O.[Na+]. The second-order valence-electron chi connectivity index (χ2n) is 2.00. The van der Waals surface area contributed by atoms with Gasteiger partial charge in [-0.05, 0) is 7.05 Å². The minimum absolute atomic E-state index is 0. The number of hydrogen-bond acceptors (Lipinski definition) is 6. The summed E-state index contributed by atoms with van der Waals surface area (Å²) in [6, 6.07) is 0. The van der Waals surface area contributed by atoms with Crippen molar-refractivity contribution in [3.05, 3.63) is 0 Å². The molecule has 0 aliphatic carbocycles. The molecule has 13 heavy (non-hydrogen) atoms. The van der Waals surface area contributed by atoms with Gasteiger partial charge in [-0.1, -0.05) is 0 Å². The molecule has 0 aromatic heterocycles. The van der Waals surface area contributed by atoms with Crippen molar-refractivity contribution in [3.8, 4) is 0 Å². The Morgan fingerprint density at radius 3 is 1.85 bits per heavy atom. The molecule has 74 valence electrons. The molecule has 0 amide bonds. The standard InChI is InChI=1S/C3H9NO6S2.Na/c1-4-2-3(11(5,6)7)12(8,9)10;/h3-4H,2H2,1H3,(H,5,6,7)(H,8,9,10);/q;+1/p-1. The second-order valence-corrected chi connectivity index (χ2v) is 5.45. The van der Waals surface area contributed by atoms with E-state index in [0.29, 0.717) is 0 Å². The van der Waals surface area contributed by atoms with Gasteiger partial charge in [0.2, 0.25) is 0 Å². The summed E-state index contributed by atoms with van der Waals surface area (Å²) in [5.74, 6) is 0. The van der Waals surface area contributed by atoms with Crippen molar-refractivity contribution in [2.45, 2.75) is 4.58 Å². The number of nitrogens with one attached hydrogen (secondary N) is 1. The first-order valence-corrected chi connectivity index (χ1v) is 5.72. The van der Waals surface area contributed by atoms with E-state index in [4.69, 9.17) is 4.55 Å². The van der Waals surface area contributed by atoms with Crippen molar-refractivity contribution >= 4 is 20.2 Å². The molecule has 2 N–H and O–H groups in total. The van der Waals surface area contributed by atoms with E-state index >= 15 is 0 Å². The van der Waals surface area contributed by atoms with Crippen molar-refractivity contribution < 1.29 is 55.5 Å². The molecule has 10 heteroatoms. The van der Waals surface area contributed by atoms with Crippen LogP contribution in [0.4, 0.5) is 0 Å². The quantitative estimate of drug-likeness (QED) is 0.373. The van der Waals surface area contributed by atoms with E-state index < -0.39 is 31.4 Å². The Kier molecular flexibility index (Phi) is 7.00. The maximum Gasteiger partial charge on any atom is 1.00 e. The number of hydrogen-bond donors (Lipinski definition) is 2. The Balaban J connectivity index is 0. The second kappa shape index (κ2) is 5.61. The smallest absolute Gasteiger partial charge is 0.747 e. The van der Waals surface area contributed by atoms with E-state index in [1.165, 1.54) is 7.05 Å². The van der Waals surface area contributed by atoms with Gasteiger partial charge in [-0.2, -0.15) is 8.42 Å². The summed E-state index contributed by atoms with van der Waals surface area (Å²) in [5.41, 5.74) is 0. The zero-order valence-electron chi connectivity index (χ0n) is 7.09. The molecule has 0 aromatic rings. The van der Waals surface area contributed by atoms with E-state index in [1.807, 2.05) is 0 Å². The molecule has 0 bridgehead atoms. The van der Waals surface area contributed by atoms with E-state index in [-0.39, 0.29) is 29.6 Å². The molecular formula is C3H8NNaO6S2. The van der Waals surface area contributed by atoms with Gasteiger partial charge in [0.1, 0.15) is 10.1 Å². The van der Waals surface area contributed by atoms with Crippen LogP contribution in [-0.2, 0) is 20.2 Å². The van der Waals surface area contributed by atoms with E-state index in [2.05, 4.69) is 5.32 Å². The van der Waals surface area contributed by atoms with Gasteiger partial charge < -0.3 is 9.87 Å². The van der Waals surface area contributed by atoms with Crippen LogP contribution >= 0.6 is 0 Å². The van der Waals surface area contributed by atoms with Gasteiger partial charge in [-0.25, -0.2) is 8.42 Å². The maximum atomic E-state index is 10.3. The molecule has 0 saturated carbocycles. The summed E-state index contributed by atoms with van der Waals surface area (Å²) in [6.07, 6.45) is 0. The summed E-state index contributed by atoms with van der Waals surface area (Å²) in [7, 11) is -8.63.